The Hall–Kier alpha value is -5.24. The van der Waals surface area contributed by atoms with E-state index < -0.39 is 0 Å². The predicted octanol–water partition coefficient (Wildman–Crippen LogP) is 11.0. The van der Waals surface area contributed by atoms with Crippen LogP contribution in [0.4, 0.5) is 0 Å². The largest absolute Gasteiger partial charge is 0.347 e. The van der Waals surface area contributed by atoms with E-state index in [2.05, 4.69) is 18.2 Å². The molecule has 0 fully saturated rings. The van der Waals surface area contributed by atoms with Gasteiger partial charge < -0.3 is 14.4 Å². The minimum Gasteiger partial charge on any atom is -0.347 e. The van der Waals surface area contributed by atoms with Crippen LogP contribution in [-0.2, 0) is 75.7 Å². The van der Waals surface area contributed by atoms with Crippen LogP contribution in [-0.4, -0.2) is 17.3 Å². The average molecular weight is 1020 g/mol. The van der Waals surface area contributed by atoms with Crippen LogP contribution in [0, 0.1) is 18.2 Å². The second kappa shape index (κ2) is 30.9. The van der Waals surface area contributed by atoms with E-state index in [1.807, 2.05) is 182 Å². The van der Waals surface area contributed by atoms with E-state index in [1.54, 1.807) is 36.5 Å². The van der Waals surface area contributed by atoms with Gasteiger partial charge in [0.25, 0.3) is 0 Å². The van der Waals surface area contributed by atoms with Gasteiger partial charge in [0.05, 0.1) is 0 Å². The molecule has 294 valence electrons. The van der Waals surface area contributed by atoms with Crippen LogP contribution in [0.25, 0.3) is 18.2 Å². The van der Waals surface area contributed by atoms with Crippen molar-refractivity contribution >= 4 is 35.6 Å². The molecule has 0 aliphatic rings. The number of benzene rings is 6. The van der Waals surface area contributed by atoms with Crippen molar-refractivity contribution in [2.45, 2.75) is 0 Å². The van der Waals surface area contributed by atoms with Crippen molar-refractivity contribution in [1.82, 2.24) is 0 Å². The molecule has 0 N–H and O–H groups in total. The van der Waals surface area contributed by atoms with Crippen molar-refractivity contribution in [2.75, 3.05) is 0 Å². The van der Waals surface area contributed by atoms with Crippen molar-refractivity contribution in [3.63, 3.8) is 0 Å². The first-order chi connectivity index (χ1) is 26.5. The van der Waals surface area contributed by atoms with E-state index in [9.17, 15) is 14.4 Å². The fourth-order valence-electron chi connectivity index (χ4n) is 4.44. The van der Waals surface area contributed by atoms with Gasteiger partial charge in [-0.25, -0.2) is 0 Å². The van der Waals surface area contributed by atoms with Gasteiger partial charge in [-0.05, 0) is 16.7 Å². The average Bonchev–Trinajstić information content (AvgIpc) is 3.24. The summed E-state index contributed by atoms with van der Waals surface area (Å²) < 4.78 is 0. The molecular formula is C51H39O3Pd3-3. The van der Waals surface area contributed by atoms with Crippen molar-refractivity contribution in [1.29, 1.82) is 0 Å². The number of hydrogen-bond donors (Lipinski definition) is 0. The van der Waals surface area contributed by atoms with E-state index in [0.717, 1.165) is 33.4 Å². The van der Waals surface area contributed by atoms with Gasteiger partial charge >= 0.3 is 0 Å². The minimum atomic E-state index is -0.0669. The third-order valence-corrected chi connectivity index (χ3v) is 7.18. The van der Waals surface area contributed by atoms with Crippen LogP contribution in [0.5, 0.6) is 0 Å². The Morgan fingerprint density at radius 2 is 0.491 bits per heavy atom. The Kier molecular flexibility index (Phi) is 27.0. The summed E-state index contributed by atoms with van der Waals surface area (Å²) in [6, 6.07) is 57.9. The van der Waals surface area contributed by atoms with Crippen LogP contribution >= 0.6 is 0 Å². The fourth-order valence-corrected chi connectivity index (χ4v) is 4.44. The van der Waals surface area contributed by atoms with Gasteiger partial charge in [-0.15, -0.1) is 108 Å². The summed E-state index contributed by atoms with van der Waals surface area (Å²) in [7, 11) is 0. The van der Waals surface area contributed by atoms with Crippen LogP contribution in [0.1, 0.15) is 33.4 Å². The zero-order valence-corrected chi connectivity index (χ0v) is 35.4. The van der Waals surface area contributed by atoms with Gasteiger partial charge in [0.1, 0.15) is 17.3 Å². The van der Waals surface area contributed by atoms with Crippen LogP contribution in [0.15, 0.2) is 218 Å². The van der Waals surface area contributed by atoms with Gasteiger partial charge in [0.15, 0.2) is 0 Å². The Labute approximate surface area is 378 Å². The van der Waals surface area contributed by atoms with Crippen molar-refractivity contribution < 1.29 is 75.7 Å². The number of ketones is 3. The predicted molar refractivity (Wildman–Crippen MR) is 222 cm³/mol. The Balaban J connectivity index is 0.000000417. The molecule has 57 heavy (non-hydrogen) atoms. The quantitative estimate of drug-likeness (QED) is 0.0697. The van der Waals surface area contributed by atoms with Gasteiger partial charge in [0, 0.05) is 61.3 Å². The normalized spacial score (nSPS) is 10.5. The molecule has 6 heteroatoms. The third kappa shape index (κ3) is 22.8. The second-order valence-corrected chi connectivity index (χ2v) is 11.4. The molecule has 0 aromatic heterocycles. The van der Waals surface area contributed by atoms with Crippen molar-refractivity contribution in [3.8, 4) is 0 Å². The molecule has 0 saturated heterocycles. The number of carbonyl (C=O) groups is 3. The summed E-state index contributed by atoms with van der Waals surface area (Å²) in [6.45, 7) is 0. The van der Waals surface area contributed by atoms with E-state index in [-0.39, 0.29) is 78.6 Å². The Bertz CT molecular complexity index is 1770. The Morgan fingerprint density at radius 3 is 0.702 bits per heavy atom. The molecule has 6 aromatic carbocycles. The fraction of sp³-hybridized carbons (Fsp3) is 0. The first-order valence-electron chi connectivity index (χ1n) is 17.3. The summed E-state index contributed by atoms with van der Waals surface area (Å²) in [5.74, 6) is -0.201. The monoisotopic (exact) mass is 1020 g/mol. The molecule has 0 aliphatic heterocycles. The Morgan fingerprint density at radius 1 is 0.298 bits per heavy atom. The summed E-state index contributed by atoms with van der Waals surface area (Å²) in [5.41, 5.74) is 5.74. The summed E-state index contributed by atoms with van der Waals surface area (Å²) in [4.78, 5) is 34.8. The molecule has 0 unspecified atom stereocenters. The first kappa shape index (κ1) is 49.8. The molecule has 6 aromatic rings. The van der Waals surface area contributed by atoms with E-state index in [0.29, 0.717) is 0 Å². The molecule has 0 radical (unpaired) electrons. The second-order valence-electron chi connectivity index (χ2n) is 11.4. The number of hydrogen-bond acceptors (Lipinski definition) is 3. The van der Waals surface area contributed by atoms with Gasteiger partial charge in [-0.2, -0.15) is 0 Å². The molecule has 0 saturated carbocycles. The number of allylic oxidation sites excluding steroid dienone is 6. The van der Waals surface area contributed by atoms with Crippen LogP contribution < -0.4 is 0 Å². The maximum absolute atomic E-state index is 11.6. The molecule has 3 nitrogen and oxygen atoms in total. The maximum atomic E-state index is 11.6. The molecule has 0 heterocycles. The van der Waals surface area contributed by atoms with Gasteiger partial charge in [-0.3, -0.25) is 0 Å². The standard InChI is InChI=1S/3C17H13O.3Pd/c3*18-17(13-11-15-7-3-1-4-8-15)14-12-16-9-5-2-6-10-16;;;/h3*1-11,13-14H;;;/q3*-1;;;/b3*13-11+;;;. The minimum absolute atomic E-state index is 0. The first-order valence-corrected chi connectivity index (χ1v) is 17.3. The molecule has 0 bridgehead atoms. The van der Waals surface area contributed by atoms with E-state index in [4.69, 9.17) is 0 Å². The zero-order valence-electron chi connectivity index (χ0n) is 30.7. The summed E-state index contributed by atoms with van der Waals surface area (Å²) in [5, 5.41) is 0. The molecule has 0 aliphatic carbocycles. The smallest absolute Gasteiger partial charge is 0.102 e. The molecule has 0 spiro atoms. The topological polar surface area (TPSA) is 51.2 Å². The van der Waals surface area contributed by atoms with Crippen molar-refractivity contribution in [2.24, 2.45) is 0 Å². The zero-order chi connectivity index (χ0) is 37.9. The molecule has 6 rings (SSSR count). The third-order valence-electron chi connectivity index (χ3n) is 7.18. The van der Waals surface area contributed by atoms with Gasteiger partial charge in [-0.1, -0.05) is 164 Å². The van der Waals surface area contributed by atoms with E-state index in [1.165, 1.54) is 18.2 Å². The van der Waals surface area contributed by atoms with Crippen molar-refractivity contribution in [3.05, 3.63) is 270 Å². The molecule has 0 amide bonds. The van der Waals surface area contributed by atoms with E-state index >= 15 is 0 Å². The number of rotatable bonds is 12. The molecule has 0 atom stereocenters. The molecular weight excluding hydrogens is 980 g/mol. The van der Waals surface area contributed by atoms with Crippen LogP contribution in [0.3, 0.4) is 0 Å². The summed E-state index contributed by atoms with van der Waals surface area (Å²) in [6.07, 6.45) is 23.3. The maximum Gasteiger partial charge on any atom is 0.102 e. The number of carbonyl (C=O) groups excluding carboxylic acids is 3. The SMILES string of the molecule is O=C(C=[C-]c1ccccc1)/C=C/c1ccccc1.O=C(C=[C-]c1ccccc1)/C=C/c1ccccc1.O=C(C=[C-]c1ccccc1)/C=C/c1ccccc1.[Pd].[Pd].[Pd]. The summed E-state index contributed by atoms with van der Waals surface area (Å²) >= 11 is 0. The van der Waals surface area contributed by atoms with Gasteiger partial charge in [0.2, 0.25) is 0 Å². The van der Waals surface area contributed by atoms with Crippen LogP contribution in [0.2, 0.25) is 0 Å².